The average Bonchev–Trinajstić information content (AvgIpc) is 2.80. The second kappa shape index (κ2) is 6.07. The molecule has 0 saturated heterocycles. The predicted octanol–water partition coefficient (Wildman–Crippen LogP) is 3.72. The maximum absolute atomic E-state index is 12.1. The molecule has 0 atom stereocenters. The van der Waals surface area contributed by atoms with Crippen LogP contribution in [0.1, 0.15) is 22.3 Å². The van der Waals surface area contributed by atoms with Crippen LogP contribution in [0.5, 0.6) is 0 Å². The van der Waals surface area contributed by atoms with Gasteiger partial charge >= 0.3 is 0 Å². The van der Waals surface area contributed by atoms with Gasteiger partial charge in [0.05, 0.1) is 5.56 Å². The molecule has 18 heavy (non-hydrogen) atoms. The minimum Gasteiger partial charge on any atom is -0.296 e. The molecule has 94 valence electrons. The molecule has 1 heterocycles. The topological polar surface area (TPSA) is 54.9 Å². The SMILES string of the molecule is CCc1nnc(NC(=O)c2cc(I)ccc2Br)s1. The van der Waals surface area contributed by atoms with Gasteiger partial charge in [-0.1, -0.05) is 18.3 Å². The number of carbonyl (C=O) groups is 1. The van der Waals surface area contributed by atoms with Gasteiger partial charge in [-0.2, -0.15) is 0 Å². The van der Waals surface area contributed by atoms with Crippen LogP contribution in [0.3, 0.4) is 0 Å². The normalized spacial score (nSPS) is 10.4. The number of nitrogens with zero attached hydrogens (tertiary/aromatic N) is 2. The summed E-state index contributed by atoms with van der Waals surface area (Å²) in [5.74, 6) is -0.181. The molecule has 0 radical (unpaired) electrons. The molecule has 0 aliphatic heterocycles. The average molecular weight is 438 g/mol. The fraction of sp³-hybridized carbons (Fsp3) is 0.182. The highest BCUT2D eigenvalue weighted by atomic mass is 127. The Labute approximate surface area is 130 Å². The van der Waals surface area contributed by atoms with Gasteiger partial charge in [0, 0.05) is 8.04 Å². The summed E-state index contributed by atoms with van der Waals surface area (Å²) >= 11 is 6.93. The number of halogens is 2. The molecule has 4 nitrogen and oxygen atoms in total. The first-order chi connectivity index (χ1) is 8.60. The van der Waals surface area contributed by atoms with Crippen molar-refractivity contribution >= 4 is 60.9 Å². The molecule has 0 bridgehead atoms. The molecular formula is C11H9BrIN3OS. The number of carbonyl (C=O) groups excluding carboxylic acids is 1. The highest BCUT2D eigenvalue weighted by molar-refractivity contribution is 14.1. The van der Waals surface area contributed by atoms with Gasteiger partial charge < -0.3 is 0 Å². The maximum atomic E-state index is 12.1. The van der Waals surface area contributed by atoms with E-state index in [1.165, 1.54) is 11.3 Å². The van der Waals surface area contributed by atoms with E-state index in [1.807, 2.05) is 25.1 Å². The van der Waals surface area contributed by atoms with Crippen molar-refractivity contribution < 1.29 is 4.79 Å². The molecule has 2 aromatic rings. The Bertz CT molecular complexity index is 587. The zero-order valence-corrected chi connectivity index (χ0v) is 14.0. The van der Waals surface area contributed by atoms with Crippen LogP contribution in [0.15, 0.2) is 22.7 Å². The van der Waals surface area contributed by atoms with Gasteiger partial charge in [-0.15, -0.1) is 10.2 Å². The number of amides is 1. The van der Waals surface area contributed by atoms with E-state index >= 15 is 0 Å². The molecule has 0 aliphatic rings. The van der Waals surface area contributed by atoms with E-state index in [0.29, 0.717) is 10.7 Å². The Kier molecular flexibility index (Phi) is 4.68. The molecule has 0 saturated carbocycles. The van der Waals surface area contributed by atoms with Crippen LogP contribution in [0, 0.1) is 3.57 Å². The Morgan fingerprint density at radius 2 is 2.28 bits per heavy atom. The van der Waals surface area contributed by atoms with Crippen molar-refractivity contribution in [2.24, 2.45) is 0 Å². The number of anilines is 1. The molecule has 7 heteroatoms. The van der Waals surface area contributed by atoms with E-state index in [1.54, 1.807) is 0 Å². The first-order valence-electron chi connectivity index (χ1n) is 5.19. The van der Waals surface area contributed by atoms with E-state index in [0.717, 1.165) is 19.5 Å². The fourth-order valence-electron chi connectivity index (χ4n) is 1.28. The lowest BCUT2D eigenvalue weighted by atomic mass is 10.2. The molecule has 0 unspecified atom stereocenters. The molecule has 1 aromatic carbocycles. The second-order valence-corrected chi connectivity index (χ2v) is 6.59. The third kappa shape index (κ3) is 3.27. The van der Waals surface area contributed by atoms with Gasteiger partial charge in [0.15, 0.2) is 0 Å². The van der Waals surface area contributed by atoms with E-state index in [-0.39, 0.29) is 5.91 Å². The van der Waals surface area contributed by atoms with Crippen LogP contribution in [0.2, 0.25) is 0 Å². The third-order valence-corrected chi connectivity index (χ3v) is 4.51. The Hall–Kier alpha value is -0.540. The number of rotatable bonds is 3. The third-order valence-electron chi connectivity index (χ3n) is 2.16. The second-order valence-electron chi connectivity index (χ2n) is 3.43. The first kappa shape index (κ1) is 13.9. The van der Waals surface area contributed by atoms with Crippen molar-refractivity contribution in [3.8, 4) is 0 Å². The van der Waals surface area contributed by atoms with Crippen LogP contribution in [0.25, 0.3) is 0 Å². The predicted molar refractivity (Wildman–Crippen MR) is 84.1 cm³/mol. The first-order valence-corrected chi connectivity index (χ1v) is 7.87. The highest BCUT2D eigenvalue weighted by Gasteiger charge is 2.13. The maximum Gasteiger partial charge on any atom is 0.258 e. The van der Waals surface area contributed by atoms with Crippen LogP contribution in [-0.2, 0) is 6.42 Å². The number of nitrogens with one attached hydrogen (secondary N) is 1. The van der Waals surface area contributed by atoms with Crippen molar-refractivity contribution in [1.29, 1.82) is 0 Å². The Balaban J connectivity index is 2.19. The van der Waals surface area contributed by atoms with Gasteiger partial charge in [0.1, 0.15) is 5.01 Å². The van der Waals surface area contributed by atoms with Crippen LogP contribution >= 0.6 is 49.9 Å². The van der Waals surface area contributed by atoms with Crippen molar-refractivity contribution in [3.05, 3.63) is 36.8 Å². The van der Waals surface area contributed by atoms with Gasteiger partial charge in [-0.3, -0.25) is 10.1 Å². The summed E-state index contributed by atoms with van der Waals surface area (Å²) in [4.78, 5) is 12.1. The van der Waals surface area contributed by atoms with E-state index in [2.05, 4.69) is 54.0 Å². The fourth-order valence-corrected chi connectivity index (χ4v) is 2.88. The minimum atomic E-state index is -0.181. The summed E-state index contributed by atoms with van der Waals surface area (Å²) in [6.45, 7) is 2.00. The summed E-state index contributed by atoms with van der Waals surface area (Å²) in [7, 11) is 0. The van der Waals surface area contributed by atoms with Crippen molar-refractivity contribution in [1.82, 2.24) is 10.2 Å². The van der Waals surface area contributed by atoms with E-state index < -0.39 is 0 Å². The summed E-state index contributed by atoms with van der Waals surface area (Å²) in [6.07, 6.45) is 0.820. The van der Waals surface area contributed by atoms with Crippen molar-refractivity contribution in [2.75, 3.05) is 5.32 Å². The summed E-state index contributed by atoms with van der Waals surface area (Å²) in [5.41, 5.74) is 0.593. The molecule has 1 amide bonds. The summed E-state index contributed by atoms with van der Waals surface area (Å²) in [5, 5.41) is 12.1. The van der Waals surface area contributed by atoms with Gasteiger partial charge in [0.2, 0.25) is 5.13 Å². The van der Waals surface area contributed by atoms with Crippen LogP contribution < -0.4 is 5.32 Å². The van der Waals surface area contributed by atoms with Crippen LogP contribution in [0.4, 0.5) is 5.13 Å². The number of hydrogen-bond acceptors (Lipinski definition) is 4. The van der Waals surface area contributed by atoms with E-state index in [9.17, 15) is 4.79 Å². The molecule has 0 fully saturated rings. The van der Waals surface area contributed by atoms with Crippen LogP contribution in [-0.4, -0.2) is 16.1 Å². The van der Waals surface area contributed by atoms with Gasteiger partial charge in [0.25, 0.3) is 5.91 Å². The lowest BCUT2D eigenvalue weighted by molar-refractivity contribution is 0.102. The minimum absolute atomic E-state index is 0.181. The Morgan fingerprint density at radius 1 is 1.50 bits per heavy atom. The molecular weight excluding hydrogens is 429 g/mol. The van der Waals surface area contributed by atoms with Crippen molar-refractivity contribution in [3.63, 3.8) is 0 Å². The highest BCUT2D eigenvalue weighted by Crippen LogP contribution is 2.22. The number of benzene rings is 1. The lowest BCUT2D eigenvalue weighted by Crippen LogP contribution is -2.12. The quantitative estimate of drug-likeness (QED) is 0.744. The number of aryl methyl sites for hydroxylation is 1. The van der Waals surface area contributed by atoms with Gasteiger partial charge in [-0.05, 0) is 63.1 Å². The van der Waals surface area contributed by atoms with Crippen molar-refractivity contribution in [2.45, 2.75) is 13.3 Å². The van der Waals surface area contributed by atoms with Gasteiger partial charge in [-0.25, -0.2) is 0 Å². The lowest BCUT2D eigenvalue weighted by Gasteiger charge is -2.04. The molecule has 0 aliphatic carbocycles. The number of hydrogen-bond donors (Lipinski definition) is 1. The standard InChI is InChI=1S/C11H9BrIN3OS/c1-2-9-15-16-11(18-9)14-10(17)7-5-6(13)3-4-8(7)12/h3-5H,2H2,1H3,(H,14,16,17). The largest absolute Gasteiger partial charge is 0.296 e. The smallest absolute Gasteiger partial charge is 0.258 e. The Morgan fingerprint density at radius 3 is 2.94 bits per heavy atom. The molecule has 2 rings (SSSR count). The monoisotopic (exact) mass is 437 g/mol. The molecule has 1 aromatic heterocycles. The summed E-state index contributed by atoms with van der Waals surface area (Å²) < 4.78 is 1.77. The zero-order chi connectivity index (χ0) is 13.1. The number of aromatic nitrogens is 2. The molecule has 0 spiro atoms. The van der Waals surface area contributed by atoms with E-state index in [4.69, 9.17) is 0 Å². The summed E-state index contributed by atoms with van der Waals surface area (Å²) in [6, 6.07) is 5.61. The zero-order valence-electron chi connectivity index (χ0n) is 9.41. The molecule has 1 N–H and O–H groups in total.